The molecule has 67 heavy (non-hydrogen) atoms. The Morgan fingerprint density at radius 3 is 1.79 bits per heavy atom. The zero-order valence-corrected chi connectivity index (χ0v) is 38.5. The highest BCUT2D eigenvalue weighted by Crippen LogP contribution is 2.37. The van der Waals surface area contributed by atoms with Gasteiger partial charge < -0.3 is 46.7 Å². The van der Waals surface area contributed by atoms with Crippen molar-refractivity contribution >= 4 is 47.5 Å². The Kier molecular flexibility index (Phi) is 19.2. The van der Waals surface area contributed by atoms with Gasteiger partial charge >= 0.3 is 12.1 Å². The number of amides is 7. The SMILES string of the molecule is C=CC[C@H](NC(=O)[C@H](CC(=O)NC(c1ccccc1)(c1ccccc1)c1ccccc1)NC(=O)[C@@H]1C/C=C/C[C@@H](NC(=O)OC(C)(C)C)C(=O)N[C@@H](C)C(=O)N[C@H](CC=C)C(=O)N1)C(=O)OC. The number of rotatable bonds is 16. The van der Waals surface area contributed by atoms with Gasteiger partial charge in [0.05, 0.1) is 13.5 Å². The summed E-state index contributed by atoms with van der Waals surface area (Å²) in [4.78, 5) is 110. The van der Waals surface area contributed by atoms with Crippen molar-refractivity contribution in [2.24, 2.45) is 0 Å². The molecule has 0 fully saturated rings. The maximum absolute atomic E-state index is 14.7. The number of hydrogen-bond donors (Lipinski definition) is 7. The van der Waals surface area contributed by atoms with E-state index >= 15 is 0 Å². The summed E-state index contributed by atoms with van der Waals surface area (Å²) in [6.45, 7) is 13.7. The van der Waals surface area contributed by atoms with Crippen molar-refractivity contribution in [1.82, 2.24) is 37.2 Å². The van der Waals surface area contributed by atoms with Crippen LogP contribution in [-0.4, -0.2) is 96.5 Å². The molecule has 1 heterocycles. The smallest absolute Gasteiger partial charge is 0.408 e. The van der Waals surface area contributed by atoms with Gasteiger partial charge in [-0.3, -0.25) is 28.8 Å². The zero-order chi connectivity index (χ0) is 49.1. The molecule has 3 aromatic carbocycles. The Bertz CT molecular complexity index is 2170. The fraction of sp³-hybridized carbons (Fsp3) is 0.360. The summed E-state index contributed by atoms with van der Waals surface area (Å²) in [7, 11) is 1.14. The number of methoxy groups -OCH3 is 1. The molecule has 0 aromatic heterocycles. The fourth-order valence-electron chi connectivity index (χ4n) is 7.23. The second-order valence-corrected chi connectivity index (χ2v) is 16.8. The molecule has 0 radical (unpaired) electrons. The predicted molar refractivity (Wildman–Crippen MR) is 250 cm³/mol. The maximum Gasteiger partial charge on any atom is 0.408 e. The van der Waals surface area contributed by atoms with Gasteiger partial charge in [0.15, 0.2) is 0 Å². The van der Waals surface area contributed by atoms with E-state index in [1.54, 1.807) is 20.8 Å². The summed E-state index contributed by atoms with van der Waals surface area (Å²) in [6.07, 6.45) is 3.72. The quantitative estimate of drug-likeness (QED) is 0.0627. The van der Waals surface area contributed by atoms with E-state index in [1.807, 2.05) is 91.0 Å². The summed E-state index contributed by atoms with van der Waals surface area (Å²) in [5, 5.41) is 18.6. The van der Waals surface area contributed by atoms with Gasteiger partial charge in [-0.15, -0.1) is 13.2 Å². The van der Waals surface area contributed by atoms with Gasteiger partial charge in [0.1, 0.15) is 47.4 Å². The molecule has 3 aromatic rings. The molecule has 4 rings (SSSR count). The Hall–Kier alpha value is -7.56. The number of benzene rings is 3. The monoisotopic (exact) mass is 919 g/mol. The Labute approximate surface area is 391 Å². The van der Waals surface area contributed by atoms with Crippen molar-refractivity contribution < 1.29 is 47.8 Å². The third-order valence-corrected chi connectivity index (χ3v) is 10.5. The second-order valence-electron chi connectivity index (χ2n) is 16.8. The minimum absolute atomic E-state index is 0.0509. The highest BCUT2D eigenvalue weighted by atomic mass is 16.6. The molecule has 0 saturated carbocycles. The maximum atomic E-state index is 14.7. The van der Waals surface area contributed by atoms with Crippen molar-refractivity contribution in [3.8, 4) is 0 Å². The van der Waals surface area contributed by atoms with Crippen LogP contribution in [0, 0.1) is 0 Å². The number of hydrogen-bond acceptors (Lipinski definition) is 10. The summed E-state index contributed by atoms with van der Waals surface area (Å²) in [5.74, 6) is -5.61. The van der Waals surface area contributed by atoms with E-state index in [9.17, 15) is 38.4 Å². The molecular formula is C50H61N7O10. The number of alkyl carbamates (subject to hydrolysis) is 1. The third kappa shape index (κ3) is 15.0. The highest BCUT2D eigenvalue weighted by Gasteiger charge is 2.40. The van der Waals surface area contributed by atoms with Gasteiger partial charge in [0.25, 0.3) is 0 Å². The lowest BCUT2D eigenvalue weighted by molar-refractivity contribution is -0.145. The van der Waals surface area contributed by atoms with E-state index < -0.39 is 101 Å². The summed E-state index contributed by atoms with van der Waals surface area (Å²) in [5.41, 5.74) is -0.127. The summed E-state index contributed by atoms with van der Waals surface area (Å²) < 4.78 is 10.2. The predicted octanol–water partition coefficient (Wildman–Crippen LogP) is 3.50. The van der Waals surface area contributed by atoms with E-state index in [1.165, 1.54) is 31.2 Å². The van der Waals surface area contributed by atoms with Gasteiger partial charge in [0.2, 0.25) is 35.4 Å². The largest absolute Gasteiger partial charge is 0.467 e. The molecular weight excluding hydrogens is 859 g/mol. The van der Waals surface area contributed by atoms with Crippen LogP contribution in [0.2, 0.25) is 0 Å². The lowest BCUT2D eigenvalue weighted by Crippen LogP contribution is -2.60. The number of ether oxygens (including phenoxy) is 2. The molecule has 17 heteroatoms. The van der Waals surface area contributed by atoms with Gasteiger partial charge in [-0.2, -0.15) is 0 Å². The molecule has 0 spiro atoms. The van der Waals surface area contributed by atoms with Crippen LogP contribution in [0.5, 0.6) is 0 Å². The molecule has 6 atom stereocenters. The van der Waals surface area contributed by atoms with E-state index in [0.29, 0.717) is 16.7 Å². The van der Waals surface area contributed by atoms with Crippen molar-refractivity contribution in [3.63, 3.8) is 0 Å². The molecule has 17 nitrogen and oxygen atoms in total. The van der Waals surface area contributed by atoms with E-state index in [-0.39, 0.29) is 25.7 Å². The minimum Gasteiger partial charge on any atom is -0.467 e. The van der Waals surface area contributed by atoms with Crippen molar-refractivity contribution in [3.05, 3.63) is 145 Å². The first kappa shape index (κ1) is 52.1. The first-order chi connectivity index (χ1) is 31.9. The van der Waals surface area contributed by atoms with Crippen molar-refractivity contribution in [2.75, 3.05) is 7.11 Å². The number of carbonyl (C=O) groups excluding carboxylic acids is 8. The molecule has 0 bridgehead atoms. The van der Waals surface area contributed by atoms with E-state index in [2.05, 4.69) is 50.4 Å². The third-order valence-electron chi connectivity index (χ3n) is 10.5. The molecule has 1 aliphatic heterocycles. The number of esters is 1. The molecule has 0 saturated heterocycles. The first-order valence-corrected chi connectivity index (χ1v) is 21.9. The highest BCUT2D eigenvalue weighted by molar-refractivity contribution is 5.98. The van der Waals surface area contributed by atoms with Gasteiger partial charge in [-0.25, -0.2) is 9.59 Å². The van der Waals surface area contributed by atoms with Crippen LogP contribution in [0.3, 0.4) is 0 Å². The van der Waals surface area contributed by atoms with Crippen LogP contribution in [0.15, 0.2) is 128 Å². The Morgan fingerprint density at radius 1 is 0.731 bits per heavy atom. The molecule has 0 aliphatic carbocycles. The first-order valence-electron chi connectivity index (χ1n) is 21.9. The van der Waals surface area contributed by atoms with E-state index in [4.69, 9.17) is 9.47 Å². The Balaban J connectivity index is 1.75. The van der Waals surface area contributed by atoms with Crippen LogP contribution in [0.25, 0.3) is 0 Å². The lowest BCUT2D eigenvalue weighted by atomic mass is 9.77. The van der Waals surface area contributed by atoms with Crippen LogP contribution in [0.1, 0.15) is 76.5 Å². The Morgan fingerprint density at radius 2 is 1.28 bits per heavy atom. The van der Waals surface area contributed by atoms with Crippen LogP contribution < -0.4 is 37.2 Å². The normalized spacial score (nSPS) is 19.4. The molecule has 7 N–H and O–H groups in total. The molecule has 356 valence electrons. The van der Waals surface area contributed by atoms with Crippen molar-refractivity contribution in [1.29, 1.82) is 0 Å². The molecule has 0 unspecified atom stereocenters. The second kappa shape index (κ2) is 24.7. The minimum atomic E-state index is -1.66. The summed E-state index contributed by atoms with van der Waals surface area (Å²) in [6, 6.07) is 19.6. The number of nitrogens with one attached hydrogen (secondary N) is 7. The van der Waals surface area contributed by atoms with Crippen LogP contribution >= 0.6 is 0 Å². The van der Waals surface area contributed by atoms with Crippen LogP contribution in [0.4, 0.5) is 4.79 Å². The summed E-state index contributed by atoms with van der Waals surface area (Å²) >= 11 is 0. The number of carbonyl (C=O) groups is 8. The topological polar surface area (TPSA) is 239 Å². The zero-order valence-electron chi connectivity index (χ0n) is 38.5. The van der Waals surface area contributed by atoms with Crippen LogP contribution in [-0.2, 0) is 48.6 Å². The van der Waals surface area contributed by atoms with E-state index in [0.717, 1.165) is 7.11 Å². The molecule has 7 amide bonds. The fourth-order valence-corrected chi connectivity index (χ4v) is 7.23. The van der Waals surface area contributed by atoms with Crippen molar-refractivity contribution in [2.45, 2.75) is 107 Å². The molecule has 1 aliphatic rings. The average molecular weight is 920 g/mol. The van der Waals surface area contributed by atoms with Gasteiger partial charge in [-0.1, -0.05) is 115 Å². The van der Waals surface area contributed by atoms with Gasteiger partial charge in [0, 0.05) is 0 Å². The van der Waals surface area contributed by atoms with Gasteiger partial charge in [-0.05, 0) is 70.1 Å². The lowest BCUT2D eigenvalue weighted by Gasteiger charge is -2.37. The standard InChI is InChI=1S/C50H61N7O10/c1-8-21-36-44(61)53-37(29-19-20-30-38(56-48(65)67-49(4,5)6)43(60)51-32(3)42(59)52-36)45(62)55-40(46(63)54-39(22-9-2)47(64)66-7)31-41(58)57-50(33-23-13-10-14-24-33,34-25-15-11-16-26-34)35-27-17-12-18-28-35/h8-20,23-28,32,36-40H,1-2,21-22,29-31H2,3-7H3,(H,51,60)(H,52,59)(H,53,61)(H,54,63)(H,55,62)(H,56,65)(H,57,58)/b20-19+/t32-,36+,37-,38+,39-,40-/m0/s1. The average Bonchev–Trinajstić information content (AvgIpc) is 3.30.